The van der Waals surface area contributed by atoms with Crippen LogP contribution in [0.25, 0.3) is 5.52 Å². The molecule has 190 valence electrons. The molecule has 3 aromatic rings. The highest BCUT2D eigenvalue weighted by atomic mass is 32.2. The number of benzene rings is 1. The van der Waals surface area contributed by atoms with E-state index in [4.69, 9.17) is 9.88 Å². The van der Waals surface area contributed by atoms with Gasteiger partial charge in [0.2, 0.25) is 15.9 Å². The van der Waals surface area contributed by atoms with Crippen LogP contribution in [0.15, 0.2) is 35.6 Å². The average molecular weight is 514 g/mol. The average Bonchev–Trinajstić information content (AvgIpc) is 3.37. The normalized spacial score (nSPS) is 18.3. The lowest BCUT2D eigenvalue weighted by atomic mass is 9.95. The van der Waals surface area contributed by atoms with Crippen molar-refractivity contribution in [3.8, 4) is 0 Å². The van der Waals surface area contributed by atoms with E-state index >= 15 is 0 Å². The minimum atomic E-state index is -3.96. The first-order valence-electron chi connectivity index (χ1n) is 11.6. The van der Waals surface area contributed by atoms with E-state index in [0.717, 1.165) is 39.3 Å². The number of ether oxygens (including phenoxy) is 1. The number of hydrogen-bond donors (Lipinski definition) is 3. The largest absolute Gasteiger partial charge is 0.379 e. The Kier molecular flexibility index (Phi) is 6.47. The lowest BCUT2D eigenvalue weighted by molar-refractivity contribution is -0.116. The number of amides is 2. The fraction of sp³-hybridized carbons (Fsp3) is 0.391. The number of fused-ring (bicyclic) bond motifs is 2. The van der Waals surface area contributed by atoms with Gasteiger partial charge in [-0.05, 0) is 49.2 Å². The third-order valence-electron chi connectivity index (χ3n) is 6.60. The number of sulfonamides is 1. The zero-order chi connectivity index (χ0) is 25.4. The van der Waals surface area contributed by atoms with E-state index in [1.54, 1.807) is 13.1 Å². The maximum absolute atomic E-state index is 13.0. The van der Waals surface area contributed by atoms with Crippen LogP contribution in [-0.4, -0.2) is 79.1 Å². The Labute approximate surface area is 207 Å². The van der Waals surface area contributed by atoms with Gasteiger partial charge in [0.05, 0.1) is 34.9 Å². The van der Waals surface area contributed by atoms with E-state index in [1.807, 2.05) is 0 Å². The predicted molar refractivity (Wildman–Crippen MR) is 130 cm³/mol. The van der Waals surface area contributed by atoms with Crippen molar-refractivity contribution in [1.29, 1.82) is 0 Å². The van der Waals surface area contributed by atoms with Crippen molar-refractivity contribution >= 4 is 33.0 Å². The van der Waals surface area contributed by atoms with Gasteiger partial charge in [-0.15, -0.1) is 0 Å². The van der Waals surface area contributed by atoms with Crippen LogP contribution in [0, 0.1) is 6.92 Å². The van der Waals surface area contributed by atoms with Gasteiger partial charge < -0.3 is 15.4 Å². The van der Waals surface area contributed by atoms with Crippen molar-refractivity contribution in [2.75, 3.05) is 44.7 Å². The maximum atomic E-state index is 13.0. The van der Waals surface area contributed by atoms with Gasteiger partial charge in [-0.2, -0.15) is 5.10 Å². The molecule has 2 amide bonds. The summed E-state index contributed by atoms with van der Waals surface area (Å²) in [4.78, 5) is 32.5. The minimum absolute atomic E-state index is 0.0999. The first kappa shape index (κ1) is 24.3. The van der Waals surface area contributed by atoms with E-state index < -0.39 is 15.9 Å². The molecule has 4 heterocycles. The minimum Gasteiger partial charge on any atom is -0.379 e. The number of rotatable bonds is 7. The number of nitrogens with zero attached hydrogens (tertiary/aromatic N) is 4. The van der Waals surface area contributed by atoms with Crippen LogP contribution in [0.3, 0.4) is 0 Å². The molecule has 0 spiro atoms. The molecule has 0 radical (unpaired) electrons. The molecule has 12 nitrogen and oxygen atoms in total. The molecule has 4 N–H and O–H groups in total. The Balaban J connectivity index is 1.40. The molecule has 0 aliphatic carbocycles. The van der Waals surface area contributed by atoms with Crippen molar-refractivity contribution in [3.05, 3.63) is 53.1 Å². The summed E-state index contributed by atoms with van der Waals surface area (Å²) in [5, 5.41) is 15.3. The first-order valence-corrected chi connectivity index (χ1v) is 13.2. The summed E-state index contributed by atoms with van der Waals surface area (Å²) in [6, 6.07) is 4.23. The molecule has 13 heteroatoms. The number of anilines is 1. The Morgan fingerprint density at radius 2 is 2.08 bits per heavy atom. The second-order valence-electron chi connectivity index (χ2n) is 8.89. The van der Waals surface area contributed by atoms with Gasteiger partial charge in [-0.1, -0.05) is 0 Å². The first-order chi connectivity index (χ1) is 17.2. The van der Waals surface area contributed by atoms with Gasteiger partial charge in [0, 0.05) is 31.5 Å². The van der Waals surface area contributed by atoms with Crippen LogP contribution in [-0.2, 0) is 19.6 Å². The molecule has 1 atom stereocenters. The Morgan fingerprint density at radius 3 is 2.83 bits per heavy atom. The molecule has 1 aromatic carbocycles. The molecule has 2 aliphatic rings. The molecule has 36 heavy (non-hydrogen) atoms. The van der Waals surface area contributed by atoms with Gasteiger partial charge in [0.15, 0.2) is 0 Å². The van der Waals surface area contributed by atoms with E-state index in [1.165, 1.54) is 29.0 Å². The third-order valence-corrected chi connectivity index (χ3v) is 7.51. The SMILES string of the molecule is Cc1c(C(=O)NCCCN2CCOCC2)cn2ncnc(C3C(=O)Nc4ccc(S(N)(=O)=O)cc43)c12. The number of primary sulfonamides is 1. The summed E-state index contributed by atoms with van der Waals surface area (Å²) < 4.78 is 30.7. The van der Waals surface area contributed by atoms with E-state index in [0.29, 0.717) is 40.1 Å². The number of hydrogen-bond acceptors (Lipinski definition) is 8. The molecule has 0 bridgehead atoms. The zero-order valence-corrected chi connectivity index (χ0v) is 20.5. The van der Waals surface area contributed by atoms with Crippen LogP contribution < -0.4 is 15.8 Å². The number of nitrogens with one attached hydrogen (secondary N) is 2. The summed E-state index contributed by atoms with van der Waals surface area (Å²) in [6.45, 7) is 6.45. The summed E-state index contributed by atoms with van der Waals surface area (Å²) in [7, 11) is -3.96. The zero-order valence-electron chi connectivity index (χ0n) is 19.7. The fourth-order valence-corrected chi connectivity index (χ4v) is 5.29. The standard InChI is InChI=1S/C23H27N7O5S/c1-14-17(22(31)25-5-2-6-29-7-9-35-10-8-29)12-30-21(14)20(26-13-27-30)19-16-11-15(36(24,33)34)3-4-18(16)28-23(19)32/h3-4,11-13,19H,2,5-10H2,1H3,(H,25,31)(H,28,32)(H2,24,33,34). The molecule has 1 unspecified atom stereocenters. The molecular formula is C23H27N7O5S. The number of carbonyl (C=O) groups is 2. The number of carbonyl (C=O) groups excluding carboxylic acids is 2. The lowest BCUT2D eigenvalue weighted by Gasteiger charge is -2.26. The number of morpholine rings is 1. The maximum Gasteiger partial charge on any atom is 0.253 e. The van der Waals surface area contributed by atoms with Crippen molar-refractivity contribution in [1.82, 2.24) is 24.8 Å². The molecular weight excluding hydrogens is 486 g/mol. The monoisotopic (exact) mass is 513 g/mol. The van der Waals surface area contributed by atoms with Gasteiger partial charge in [0.1, 0.15) is 12.2 Å². The summed E-state index contributed by atoms with van der Waals surface area (Å²) in [5.74, 6) is -1.48. The third kappa shape index (κ3) is 4.57. The molecule has 1 fully saturated rings. The Bertz CT molecular complexity index is 1450. The summed E-state index contributed by atoms with van der Waals surface area (Å²) in [5.41, 5.74) is 2.88. The highest BCUT2D eigenvalue weighted by Gasteiger charge is 2.36. The fourth-order valence-electron chi connectivity index (χ4n) is 4.74. The van der Waals surface area contributed by atoms with Gasteiger partial charge in [-0.25, -0.2) is 23.1 Å². The molecule has 2 aliphatic heterocycles. The van der Waals surface area contributed by atoms with Gasteiger partial charge >= 0.3 is 0 Å². The quantitative estimate of drug-likeness (QED) is 0.378. The number of nitrogens with two attached hydrogens (primary N) is 1. The van der Waals surface area contributed by atoms with Crippen LogP contribution in [0.5, 0.6) is 0 Å². The van der Waals surface area contributed by atoms with Crippen molar-refractivity contribution in [3.63, 3.8) is 0 Å². The Morgan fingerprint density at radius 1 is 1.31 bits per heavy atom. The van der Waals surface area contributed by atoms with Crippen LogP contribution in [0.2, 0.25) is 0 Å². The lowest BCUT2D eigenvalue weighted by Crippen LogP contribution is -2.38. The molecule has 1 saturated heterocycles. The molecule has 2 aromatic heterocycles. The van der Waals surface area contributed by atoms with Crippen molar-refractivity contribution in [2.24, 2.45) is 5.14 Å². The van der Waals surface area contributed by atoms with E-state index in [9.17, 15) is 18.0 Å². The summed E-state index contributed by atoms with van der Waals surface area (Å²) in [6.07, 6.45) is 3.73. The van der Waals surface area contributed by atoms with Crippen molar-refractivity contribution in [2.45, 2.75) is 24.2 Å². The van der Waals surface area contributed by atoms with E-state index in [2.05, 4.69) is 25.6 Å². The van der Waals surface area contributed by atoms with Crippen LogP contribution in [0.1, 0.15) is 39.5 Å². The summed E-state index contributed by atoms with van der Waals surface area (Å²) >= 11 is 0. The highest BCUT2D eigenvalue weighted by molar-refractivity contribution is 7.89. The number of aryl methyl sites for hydroxylation is 1. The second kappa shape index (κ2) is 9.58. The van der Waals surface area contributed by atoms with Crippen molar-refractivity contribution < 1.29 is 22.7 Å². The number of aromatic nitrogens is 3. The van der Waals surface area contributed by atoms with E-state index in [-0.39, 0.29) is 16.7 Å². The smallest absolute Gasteiger partial charge is 0.253 e. The second-order valence-corrected chi connectivity index (χ2v) is 10.4. The predicted octanol–water partition coefficient (Wildman–Crippen LogP) is 0.221. The Hall–Kier alpha value is -3.39. The topological polar surface area (TPSA) is 161 Å². The molecule has 5 rings (SSSR count). The van der Waals surface area contributed by atoms with Gasteiger partial charge in [0.25, 0.3) is 5.91 Å². The van der Waals surface area contributed by atoms with Gasteiger partial charge in [-0.3, -0.25) is 14.5 Å². The van der Waals surface area contributed by atoms with Crippen LogP contribution >= 0.6 is 0 Å². The highest BCUT2D eigenvalue weighted by Crippen LogP contribution is 2.39. The molecule has 0 saturated carbocycles. The van der Waals surface area contributed by atoms with Crippen LogP contribution in [0.4, 0.5) is 5.69 Å².